The van der Waals surface area contributed by atoms with Crippen molar-refractivity contribution in [3.05, 3.63) is 35.6 Å². The molecule has 1 atom stereocenters. The molecule has 2 amide bonds. The number of nitrogens with two attached hydrogens (primary N) is 1. The zero-order valence-electron chi connectivity index (χ0n) is 10.1. The van der Waals surface area contributed by atoms with E-state index in [1.165, 1.54) is 12.1 Å². The van der Waals surface area contributed by atoms with Crippen molar-refractivity contribution in [2.75, 3.05) is 0 Å². The van der Waals surface area contributed by atoms with Crippen LogP contribution in [0.5, 0.6) is 0 Å². The molecule has 1 aliphatic rings. The number of piperidine rings is 1. The van der Waals surface area contributed by atoms with Crippen molar-refractivity contribution >= 4 is 11.8 Å². The molecule has 1 aromatic carbocycles. The Bertz CT molecular complexity index is 486. The van der Waals surface area contributed by atoms with Gasteiger partial charge in [0.2, 0.25) is 5.91 Å². The monoisotopic (exact) mass is 250 g/mol. The highest BCUT2D eigenvalue weighted by Crippen LogP contribution is 2.37. The van der Waals surface area contributed by atoms with E-state index < -0.39 is 11.3 Å². The highest BCUT2D eigenvalue weighted by molar-refractivity contribution is 6.02. The van der Waals surface area contributed by atoms with Crippen molar-refractivity contribution < 1.29 is 14.0 Å². The number of hydrazine groups is 1. The third-order valence-corrected chi connectivity index (χ3v) is 3.66. The van der Waals surface area contributed by atoms with Gasteiger partial charge in [-0.1, -0.05) is 19.1 Å². The summed E-state index contributed by atoms with van der Waals surface area (Å²) in [5.74, 6) is 4.37. The summed E-state index contributed by atoms with van der Waals surface area (Å²) < 4.78 is 12.9. The molecule has 18 heavy (non-hydrogen) atoms. The van der Waals surface area contributed by atoms with Gasteiger partial charge in [0, 0.05) is 6.42 Å². The molecule has 1 aliphatic heterocycles. The van der Waals surface area contributed by atoms with Crippen molar-refractivity contribution in [1.29, 1.82) is 0 Å². The van der Waals surface area contributed by atoms with Crippen molar-refractivity contribution in [3.63, 3.8) is 0 Å². The minimum Gasteiger partial charge on any atom is -0.273 e. The smallest absolute Gasteiger partial charge is 0.254 e. The summed E-state index contributed by atoms with van der Waals surface area (Å²) in [6, 6.07) is 5.80. The van der Waals surface area contributed by atoms with Crippen LogP contribution in [0.2, 0.25) is 0 Å². The number of halogens is 1. The molecule has 0 bridgehead atoms. The molecule has 0 saturated carbocycles. The average Bonchev–Trinajstić information content (AvgIpc) is 2.38. The number of carbonyl (C=O) groups excluding carboxylic acids is 2. The maximum Gasteiger partial charge on any atom is 0.254 e. The summed E-state index contributed by atoms with van der Waals surface area (Å²) in [6.45, 7) is 1.87. The quantitative estimate of drug-likeness (QED) is 0.491. The second-order valence-corrected chi connectivity index (χ2v) is 4.51. The normalized spacial score (nSPS) is 24.5. The molecule has 0 radical (unpaired) electrons. The summed E-state index contributed by atoms with van der Waals surface area (Å²) in [4.78, 5) is 23.7. The average molecular weight is 250 g/mol. The van der Waals surface area contributed by atoms with E-state index in [-0.39, 0.29) is 18.1 Å². The van der Waals surface area contributed by atoms with Crippen LogP contribution in [0, 0.1) is 5.82 Å². The van der Waals surface area contributed by atoms with Crippen LogP contribution in [0.3, 0.4) is 0 Å². The van der Waals surface area contributed by atoms with Gasteiger partial charge in [-0.05, 0) is 30.5 Å². The lowest BCUT2D eigenvalue weighted by Crippen LogP contribution is -2.56. The number of amides is 2. The molecule has 1 aromatic rings. The number of rotatable bonds is 2. The van der Waals surface area contributed by atoms with E-state index in [1.807, 2.05) is 6.92 Å². The minimum absolute atomic E-state index is 0.230. The SMILES string of the molecule is CCC1(c2ccc(F)cc2)CCC(=O)N(N)C1=O. The second-order valence-electron chi connectivity index (χ2n) is 4.51. The van der Waals surface area contributed by atoms with Gasteiger partial charge < -0.3 is 0 Å². The highest BCUT2D eigenvalue weighted by atomic mass is 19.1. The predicted octanol–water partition coefficient (Wildman–Crippen LogP) is 1.50. The van der Waals surface area contributed by atoms with Gasteiger partial charge >= 0.3 is 0 Å². The molecule has 1 fully saturated rings. The van der Waals surface area contributed by atoms with Crippen molar-refractivity contribution in [3.8, 4) is 0 Å². The molecule has 96 valence electrons. The fraction of sp³-hybridized carbons (Fsp3) is 0.385. The lowest BCUT2D eigenvalue weighted by molar-refractivity contribution is -0.154. The lowest BCUT2D eigenvalue weighted by atomic mass is 9.71. The Balaban J connectivity index is 2.45. The van der Waals surface area contributed by atoms with Gasteiger partial charge in [0.15, 0.2) is 0 Å². The van der Waals surface area contributed by atoms with Gasteiger partial charge in [-0.2, -0.15) is 0 Å². The topological polar surface area (TPSA) is 63.4 Å². The van der Waals surface area contributed by atoms with E-state index in [2.05, 4.69) is 0 Å². The van der Waals surface area contributed by atoms with Crippen LogP contribution in [-0.4, -0.2) is 16.8 Å². The summed E-state index contributed by atoms with van der Waals surface area (Å²) in [5, 5.41) is 0.691. The number of benzene rings is 1. The van der Waals surface area contributed by atoms with Crippen LogP contribution in [0.4, 0.5) is 4.39 Å². The first-order chi connectivity index (χ1) is 8.51. The molecule has 1 saturated heterocycles. The maximum absolute atomic E-state index is 12.9. The fourth-order valence-corrected chi connectivity index (χ4v) is 2.46. The number of hydrogen-bond donors (Lipinski definition) is 1. The Labute approximate surface area is 105 Å². The van der Waals surface area contributed by atoms with Gasteiger partial charge in [-0.15, -0.1) is 0 Å². The lowest BCUT2D eigenvalue weighted by Gasteiger charge is -2.38. The van der Waals surface area contributed by atoms with Gasteiger partial charge in [-0.3, -0.25) is 9.59 Å². The fourth-order valence-electron chi connectivity index (χ4n) is 2.46. The van der Waals surface area contributed by atoms with Crippen LogP contribution >= 0.6 is 0 Å². The summed E-state index contributed by atoms with van der Waals surface area (Å²) in [7, 11) is 0. The van der Waals surface area contributed by atoms with Crippen molar-refractivity contribution in [2.45, 2.75) is 31.6 Å². The maximum atomic E-state index is 12.9. The predicted molar refractivity (Wildman–Crippen MR) is 63.6 cm³/mol. The largest absolute Gasteiger partial charge is 0.273 e. The molecule has 2 rings (SSSR count). The van der Waals surface area contributed by atoms with Crippen LogP contribution in [0.25, 0.3) is 0 Å². The summed E-state index contributed by atoms with van der Waals surface area (Å²) >= 11 is 0. The Morgan fingerprint density at radius 2 is 1.94 bits per heavy atom. The van der Waals surface area contributed by atoms with Gasteiger partial charge in [0.1, 0.15) is 5.82 Å². The van der Waals surface area contributed by atoms with Gasteiger partial charge in [-0.25, -0.2) is 15.2 Å². The molecule has 2 N–H and O–H groups in total. The molecule has 0 spiro atoms. The molecule has 1 heterocycles. The number of hydrogen-bond acceptors (Lipinski definition) is 3. The number of carbonyl (C=O) groups is 2. The standard InChI is InChI=1S/C13H15FN2O2/c1-2-13(9-3-5-10(14)6-4-9)8-7-11(17)16(15)12(13)18/h3-6H,2,7-8,15H2,1H3. The van der Waals surface area contributed by atoms with E-state index in [0.717, 1.165) is 0 Å². The molecule has 0 aliphatic carbocycles. The summed E-state index contributed by atoms with van der Waals surface area (Å²) in [6.07, 6.45) is 1.17. The Morgan fingerprint density at radius 3 is 2.50 bits per heavy atom. The molecule has 4 nitrogen and oxygen atoms in total. The molecule has 0 aromatic heterocycles. The van der Waals surface area contributed by atoms with E-state index in [9.17, 15) is 14.0 Å². The molecule has 5 heteroatoms. The first kappa shape index (κ1) is 12.7. The third kappa shape index (κ3) is 1.80. The van der Waals surface area contributed by atoms with Gasteiger partial charge in [0.05, 0.1) is 5.41 Å². The minimum atomic E-state index is -0.809. The second kappa shape index (κ2) is 4.49. The molecular formula is C13H15FN2O2. The Hall–Kier alpha value is -1.75. The molecular weight excluding hydrogens is 235 g/mol. The van der Waals surface area contributed by atoms with E-state index in [4.69, 9.17) is 5.84 Å². The first-order valence-corrected chi connectivity index (χ1v) is 5.89. The van der Waals surface area contributed by atoms with Crippen LogP contribution in [-0.2, 0) is 15.0 Å². The number of imide groups is 1. The Morgan fingerprint density at radius 1 is 1.33 bits per heavy atom. The zero-order valence-corrected chi connectivity index (χ0v) is 10.1. The van der Waals surface area contributed by atoms with Crippen molar-refractivity contribution in [1.82, 2.24) is 5.01 Å². The van der Waals surface area contributed by atoms with Crippen LogP contribution in [0.1, 0.15) is 31.7 Å². The summed E-state index contributed by atoms with van der Waals surface area (Å²) in [5.41, 5.74) is -0.101. The van der Waals surface area contributed by atoms with E-state index in [0.29, 0.717) is 23.4 Å². The van der Waals surface area contributed by atoms with Crippen LogP contribution < -0.4 is 5.84 Å². The zero-order chi connectivity index (χ0) is 13.3. The highest BCUT2D eigenvalue weighted by Gasteiger charge is 2.46. The number of nitrogens with zero attached hydrogens (tertiary/aromatic N) is 1. The van der Waals surface area contributed by atoms with E-state index in [1.54, 1.807) is 12.1 Å². The van der Waals surface area contributed by atoms with Crippen LogP contribution in [0.15, 0.2) is 24.3 Å². The third-order valence-electron chi connectivity index (χ3n) is 3.66. The first-order valence-electron chi connectivity index (χ1n) is 5.89. The van der Waals surface area contributed by atoms with Gasteiger partial charge in [0.25, 0.3) is 5.91 Å². The molecule has 1 unspecified atom stereocenters. The Kier molecular flexibility index (Phi) is 3.17. The van der Waals surface area contributed by atoms with E-state index >= 15 is 0 Å². The van der Waals surface area contributed by atoms with Crippen molar-refractivity contribution in [2.24, 2.45) is 5.84 Å².